The summed E-state index contributed by atoms with van der Waals surface area (Å²) < 4.78 is 2.07. The molecule has 31 heavy (non-hydrogen) atoms. The summed E-state index contributed by atoms with van der Waals surface area (Å²) in [6.07, 6.45) is -0.558. The summed E-state index contributed by atoms with van der Waals surface area (Å²) >= 11 is 0. The molecule has 2 aromatic heterocycles. The third kappa shape index (κ3) is 5.02. The van der Waals surface area contributed by atoms with Gasteiger partial charge in [0.15, 0.2) is 17.1 Å². The van der Waals surface area contributed by atoms with Gasteiger partial charge in [0.1, 0.15) is 0 Å². The average molecular weight is 425 g/mol. The minimum atomic E-state index is -0.558. The smallest absolute Gasteiger partial charge is 0.227 e. The van der Waals surface area contributed by atoms with Crippen LogP contribution in [0.4, 0.5) is 5.82 Å². The Labute approximate surface area is 182 Å². The van der Waals surface area contributed by atoms with Gasteiger partial charge in [-0.25, -0.2) is 4.99 Å². The fraction of sp³-hybridized carbons (Fsp3) is 0.478. The molecule has 0 radical (unpaired) electrons. The molecule has 0 fully saturated rings. The molecular weight excluding hydrogens is 392 g/mol. The zero-order chi connectivity index (χ0) is 22.7. The normalized spacial score (nSPS) is 13.4. The molecule has 8 nitrogen and oxygen atoms in total. The molecule has 0 bridgehead atoms. The van der Waals surface area contributed by atoms with E-state index in [1.54, 1.807) is 13.8 Å². The molecule has 3 rings (SSSR count). The Balaban J connectivity index is 2.13. The summed E-state index contributed by atoms with van der Waals surface area (Å²) in [6, 6.07) is 7.65. The number of carbonyl (C=O) groups excluding carboxylic acids is 1. The molecule has 2 heterocycles. The highest BCUT2D eigenvalue weighted by molar-refractivity contribution is 5.94. The van der Waals surface area contributed by atoms with E-state index in [1.807, 2.05) is 24.3 Å². The predicted octanol–water partition coefficient (Wildman–Crippen LogP) is 3.56. The SMILES string of the molecule is CC(=O)c1cccc(CNc2nc(=NCC(C)O)n(C(C)C)c3c(C(C)C)[nH]nc23)c1. The van der Waals surface area contributed by atoms with Crippen LogP contribution in [0.2, 0.25) is 0 Å². The van der Waals surface area contributed by atoms with Crippen molar-refractivity contribution in [1.82, 2.24) is 19.7 Å². The summed E-state index contributed by atoms with van der Waals surface area (Å²) in [6.45, 7) is 12.4. The number of aliphatic hydroxyl groups excluding tert-OH is 1. The van der Waals surface area contributed by atoms with E-state index in [4.69, 9.17) is 4.98 Å². The van der Waals surface area contributed by atoms with Crippen LogP contribution in [0.25, 0.3) is 11.0 Å². The van der Waals surface area contributed by atoms with Gasteiger partial charge in [-0.15, -0.1) is 0 Å². The molecule has 0 amide bonds. The van der Waals surface area contributed by atoms with E-state index >= 15 is 0 Å². The number of benzene rings is 1. The molecule has 8 heteroatoms. The molecule has 0 spiro atoms. The van der Waals surface area contributed by atoms with Crippen molar-refractivity contribution in [3.05, 3.63) is 46.7 Å². The first kappa shape index (κ1) is 22.7. The Morgan fingerprint density at radius 1 is 1.26 bits per heavy atom. The minimum Gasteiger partial charge on any atom is -0.391 e. The lowest BCUT2D eigenvalue weighted by atomic mass is 10.1. The molecule has 166 valence electrons. The van der Waals surface area contributed by atoms with Gasteiger partial charge in [-0.2, -0.15) is 10.1 Å². The van der Waals surface area contributed by atoms with Crippen molar-refractivity contribution < 1.29 is 9.90 Å². The van der Waals surface area contributed by atoms with Gasteiger partial charge in [0, 0.05) is 18.2 Å². The Kier molecular flexibility index (Phi) is 6.90. The topological polar surface area (TPSA) is 108 Å². The largest absolute Gasteiger partial charge is 0.391 e. The highest BCUT2D eigenvalue weighted by Gasteiger charge is 2.20. The van der Waals surface area contributed by atoms with E-state index in [9.17, 15) is 9.90 Å². The lowest BCUT2D eigenvalue weighted by molar-refractivity contribution is 0.101. The minimum absolute atomic E-state index is 0.0353. The van der Waals surface area contributed by atoms with Crippen LogP contribution in [0.15, 0.2) is 29.3 Å². The van der Waals surface area contributed by atoms with Gasteiger partial charge in [0.25, 0.3) is 0 Å². The van der Waals surface area contributed by atoms with Crippen LogP contribution in [-0.2, 0) is 6.54 Å². The van der Waals surface area contributed by atoms with Crippen LogP contribution in [0, 0.1) is 0 Å². The van der Waals surface area contributed by atoms with Crippen LogP contribution >= 0.6 is 0 Å². The molecule has 0 saturated carbocycles. The highest BCUT2D eigenvalue weighted by Crippen LogP contribution is 2.27. The van der Waals surface area contributed by atoms with E-state index in [2.05, 4.69) is 52.8 Å². The van der Waals surface area contributed by atoms with Crippen molar-refractivity contribution in [2.75, 3.05) is 11.9 Å². The van der Waals surface area contributed by atoms with E-state index in [0.717, 1.165) is 22.3 Å². The molecule has 0 aliphatic rings. The van der Waals surface area contributed by atoms with Gasteiger partial charge in [-0.1, -0.05) is 32.0 Å². The predicted molar refractivity (Wildman–Crippen MR) is 122 cm³/mol. The lowest BCUT2D eigenvalue weighted by Gasteiger charge is -2.17. The maximum absolute atomic E-state index is 11.7. The lowest BCUT2D eigenvalue weighted by Crippen LogP contribution is -2.29. The summed E-state index contributed by atoms with van der Waals surface area (Å²) in [4.78, 5) is 21.1. The van der Waals surface area contributed by atoms with Gasteiger partial charge in [0.2, 0.25) is 5.62 Å². The van der Waals surface area contributed by atoms with Crippen LogP contribution < -0.4 is 10.9 Å². The van der Waals surface area contributed by atoms with Crippen molar-refractivity contribution in [2.24, 2.45) is 4.99 Å². The monoisotopic (exact) mass is 424 g/mol. The second-order valence-electron chi connectivity index (χ2n) is 8.51. The fourth-order valence-electron chi connectivity index (χ4n) is 3.49. The summed E-state index contributed by atoms with van der Waals surface area (Å²) in [5, 5.41) is 20.9. The van der Waals surface area contributed by atoms with E-state index < -0.39 is 6.10 Å². The Hall–Kier alpha value is -3.00. The van der Waals surface area contributed by atoms with Gasteiger partial charge in [-0.3, -0.25) is 9.89 Å². The first-order chi connectivity index (χ1) is 14.7. The Morgan fingerprint density at radius 2 is 2.00 bits per heavy atom. The molecule has 0 aliphatic heterocycles. The number of Topliss-reactive ketones (excluding diaryl/α,β-unsaturated/α-hetero) is 1. The van der Waals surface area contributed by atoms with Crippen molar-refractivity contribution in [3.63, 3.8) is 0 Å². The number of fused-ring (bicyclic) bond motifs is 1. The average Bonchev–Trinajstić information content (AvgIpc) is 3.15. The summed E-state index contributed by atoms with van der Waals surface area (Å²) in [7, 11) is 0. The van der Waals surface area contributed by atoms with Gasteiger partial charge >= 0.3 is 0 Å². The maximum atomic E-state index is 11.7. The second-order valence-corrected chi connectivity index (χ2v) is 8.51. The number of nitrogens with zero attached hydrogens (tertiary/aromatic N) is 4. The molecule has 3 N–H and O–H groups in total. The number of hydrogen-bond donors (Lipinski definition) is 3. The molecule has 1 unspecified atom stereocenters. The first-order valence-corrected chi connectivity index (χ1v) is 10.7. The molecule has 1 aromatic carbocycles. The number of aromatic nitrogens is 4. The van der Waals surface area contributed by atoms with E-state index in [-0.39, 0.29) is 24.3 Å². The standard InChI is InChI=1S/C23H32N6O2/c1-13(2)19-21-20(28-27-19)22(24-12-17-8-7-9-18(10-17)16(6)31)26-23(25-11-15(5)30)29(21)14(3)4/h7-10,13-15,30H,11-12H2,1-6H3,(H,27,28)(H,24,25,26). The number of hydrogen-bond acceptors (Lipinski definition) is 6. The third-order valence-electron chi connectivity index (χ3n) is 5.04. The highest BCUT2D eigenvalue weighted by atomic mass is 16.3. The van der Waals surface area contributed by atoms with Gasteiger partial charge < -0.3 is 15.0 Å². The quantitative estimate of drug-likeness (QED) is 0.479. The van der Waals surface area contributed by atoms with Gasteiger partial charge in [0.05, 0.1) is 23.9 Å². The summed E-state index contributed by atoms with van der Waals surface area (Å²) in [5.41, 5.74) is 4.93. The number of ketones is 1. The number of anilines is 1. The van der Waals surface area contributed by atoms with Gasteiger partial charge in [-0.05, 0) is 45.2 Å². The Morgan fingerprint density at radius 3 is 2.61 bits per heavy atom. The van der Waals surface area contributed by atoms with E-state index in [1.165, 1.54) is 0 Å². The number of nitrogens with one attached hydrogen (secondary N) is 2. The zero-order valence-corrected chi connectivity index (χ0v) is 19.1. The first-order valence-electron chi connectivity index (χ1n) is 10.7. The van der Waals surface area contributed by atoms with Crippen LogP contribution in [0.3, 0.4) is 0 Å². The maximum Gasteiger partial charge on any atom is 0.227 e. The molecule has 0 saturated heterocycles. The van der Waals surface area contributed by atoms with Crippen molar-refractivity contribution in [3.8, 4) is 0 Å². The zero-order valence-electron chi connectivity index (χ0n) is 19.1. The number of aromatic amines is 1. The number of carbonyl (C=O) groups is 1. The van der Waals surface area contributed by atoms with Crippen LogP contribution in [-0.4, -0.2) is 43.3 Å². The van der Waals surface area contributed by atoms with Crippen molar-refractivity contribution >= 4 is 22.6 Å². The third-order valence-corrected chi connectivity index (χ3v) is 5.04. The second kappa shape index (κ2) is 9.43. The van der Waals surface area contributed by atoms with E-state index in [0.29, 0.717) is 23.5 Å². The van der Waals surface area contributed by atoms with Crippen molar-refractivity contribution in [2.45, 2.75) is 66.2 Å². The molecule has 0 aliphatic carbocycles. The van der Waals surface area contributed by atoms with Crippen LogP contribution in [0.1, 0.15) is 75.1 Å². The molecule has 1 atom stereocenters. The molecular formula is C23H32N6O2. The molecule has 3 aromatic rings. The summed E-state index contributed by atoms with van der Waals surface area (Å²) in [5.74, 6) is 0.892. The number of rotatable bonds is 8. The fourth-order valence-corrected chi connectivity index (χ4v) is 3.49. The van der Waals surface area contributed by atoms with Crippen molar-refractivity contribution in [1.29, 1.82) is 0 Å². The Bertz CT molecular complexity index is 1140. The van der Waals surface area contributed by atoms with Crippen LogP contribution in [0.5, 0.6) is 0 Å². The number of H-pyrrole nitrogens is 1. The number of aliphatic hydroxyl groups is 1.